The molecule has 1 amide bonds. The fraction of sp³-hybridized carbons (Fsp3) is 0.385. The molecule has 0 fully saturated rings. The van der Waals surface area contributed by atoms with Gasteiger partial charge in [-0.1, -0.05) is 30.7 Å². The summed E-state index contributed by atoms with van der Waals surface area (Å²) in [6, 6.07) is 0.0758. The van der Waals surface area contributed by atoms with Crippen molar-refractivity contribution in [1.29, 1.82) is 0 Å². The summed E-state index contributed by atoms with van der Waals surface area (Å²) in [5.74, 6) is 0.0363. The number of imidazole rings is 1. The van der Waals surface area contributed by atoms with Gasteiger partial charge in [-0.05, 0) is 18.0 Å². The van der Waals surface area contributed by atoms with Crippen LogP contribution in [-0.2, 0) is 4.79 Å². The smallest absolute Gasteiger partial charge is 0.225 e. The predicted molar refractivity (Wildman–Crippen MR) is 80.4 cm³/mol. The van der Waals surface area contributed by atoms with Gasteiger partial charge in [0.05, 0.1) is 12.4 Å². The zero-order chi connectivity index (χ0) is 15.0. The van der Waals surface area contributed by atoms with Crippen molar-refractivity contribution in [3.63, 3.8) is 0 Å². The molecule has 2 aromatic heterocycles. The summed E-state index contributed by atoms with van der Waals surface area (Å²) in [4.78, 5) is 23.7. The lowest BCUT2D eigenvalue weighted by molar-refractivity contribution is -0.121. The highest BCUT2D eigenvalue weighted by Gasteiger charge is 2.24. The average Bonchev–Trinajstić information content (AvgIpc) is 3.04. The number of allylic oxidation sites excluding steroid dienone is 1. The van der Waals surface area contributed by atoms with Gasteiger partial charge in [-0.15, -0.1) is 0 Å². The Morgan fingerprint density at radius 2 is 2.24 bits per heavy atom. The highest BCUT2D eigenvalue weighted by atomic mass is 35.5. The molecule has 21 heavy (non-hydrogen) atoms. The lowest BCUT2D eigenvalue weighted by Gasteiger charge is -2.14. The molecule has 6 nitrogen and oxygen atoms in total. The molecule has 110 valence electrons. The van der Waals surface area contributed by atoms with Crippen LogP contribution < -0.4 is 5.32 Å². The van der Waals surface area contributed by atoms with E-state index in [1.165, 1.54) is 0 Å². The first kappa shape index (κ1) is 14.3. The zero-order valence-corrected chi connectivity index (χ0v) is 12.8. The minimum atomic E-state index is 0.0210. The summed E-state index contributed by atoms with van der Waals surface area (Å²) in [5, 5.41) is 3.27. The van der Waals surface area contributed by atoms with Gasteiger partial charge in [-0.25, -0.2) is 9.97 Å². The summed E-state index contributed by atoms with van der Waals surface area (Å²) in [6.07, 6.45) is 6.89. The van der Waals surface area contributed by atoms with Crippen LogP contribution in [0, 0.1) is 0 Å². The summed E-state index contributed by atoms with van der Waals surface area (Å²) < 4.78 is 1.89. The first-order valence-corrected chi connectivity index (χ1v) is 7.37. The Balaban J connectivity index is 1.86. The van der Waals surface area contributed by atoms with E-state index >= 15 is 0 Å². The van der Waals surface area contributed by atoms with Crippen molar-refractivity contribution in [3.05, 3.63) is 28.9 Å². The van der Waals surface area contributed by atoms with Crippen LogP contribution in [-0.4, -0.2) is 31.5 Å². The number of carbonyl (C=O) groups excluding carboxylic acids is 1. The Bertz CT molecular complexity index is 727. The molecule has 2 atom stereocenters. The number of rotatable bonds is 3. The van der Waals surface area contributed by atoms with Gasteiger partial charge in [0.1, 0.15) is 5.52 Å². The second kappa shape index (κ2) is 5.61. The van der Waals surface area contributed by atoms with E-state index in [0.29, 0.717) is 17.6 Å². The predicted octanol–water partition coefficient (Wildman–Crippen LogP) is 2.53. The Labute approximate surface area is 131 Å². The molecule has 0 aliphatic heterocycles. The van der Waals surface area contributed by atoms with Crippen molar-refractivity contribution in [3.8, 4) is 0 Å². The van der Waals surface area contributed by atoms with E-state index in [4.69, 9.17) is 23.2 Å². The maximum absolute atomic E-state index is 11.4. The van der Waals surface area contributed by atoms with Crippen LogP contribution in [0.25, 0.3) is 11.2 Å². The molecule has 0 saturated carbocycles. The van der Waals surface area contributed by atoms with Gasteiger partial charge in [0.2, 0.25) is 11.2 Å². The number of fused-ring (bicyclic) bond motifs is 1. The quantitative estimate of drug-likeness (QED) is 0.534. The average molecular weight is 326 g/mol. The molecule has 0 aromatic carbocycles. The first-order chi connectivity index (χ1) is 10.1. The Hall–Kier alpha value is -1.66. The zero-order valence-electron chi connectivity index (χ0n) is 11.3. The number of aromatic nitrogens is 4. The standard InChI is InChI=1S/C13H13Cl2N5O/c1-2-9(21)17-7-3-4-8(5-7)20-6-16-10-11(14)18-13(15)19-12(10)20/h3-4,6-8H,2,5H2,1H3,(H,17,21)/t7-,8+/m1/s1. The summed E-state index contributed by atoms with van der Waals surface area (Å²) >= 11 is 11.9. The molecule has 0 bridgehead atoms. The number of hydrogen-bond donors (Lipinski definition) is 1. The van der Waals surface area contributed by atoms with E-state index in [0.717, 1.165) is 6.42 Å². The van der Waals surface area contributed by atoms with E-state index in [9.17, 15) is 4.79 Å². The van der Waals surface area contributed by atoms with Crippen LogP contribution in [0.5, 0.6) is 0 Å². The number of halogens is 2. The van der Waals surface area contributed by atoms with Crippen LogP contribution in [0.15, 0.2) is 18.5 Å². The fourth-order valence-electron chi connectivity index (χ4n) is 2.40. The first-order valence-electron chi connectivity index (χ1n) is 6.61. The number of hydrogen-bond acceptors (Lipinski definition) is 4. The molecule has 0 radical (unpaired) electrons. The summed E-state index contributed by atoms with van der Waals surface area (Å²) in [5.41, 5.74) is 1.12. The van der Waals surface area contributed by atoms with Gasteiger partial charge in [0.25, 0.3) is 0 Å². The monoisotopic (exact) mass is 325 g/mol. The fourth-order valence-corrected chi connectivity index (χ4v) is 2.82. The van der Waals surface area contributed by atoms with E-state index in [1.807, 2.05) is 23.6 Å². The van der Waals surface area contributed by atoms with Crippen molar-refractivity contribution < 1.29 is 4.79 Å². The van der Waals surface area contributed by atoms with Crippen molar-refractivity contribution in [2.45, 2.75) is 31.8 Å². The van der Waals surface area contributed by atoms with Crippen molar-refractivity contribution in [1.82, 2.24) is 24.8 Å². The molecule has 2 aromatic rings. The van der Waals surface area contributed by atoms with E-state index < -0.39 is 0 Å². The van der Waals surface area contributed by atoms with E-state index in [-0.39, 0.29) is 28.4 Å². The van der Waals surface area contributed by atoms with Crippen LogP contribution in [0.3, 0.4) is 0 Å². The maximum Gasteiger partial charge on any atom is 0.225 e. The number of nitrogens with one attached hydrogen (secondary N) is 1. The van der Waals surface area contributed by atoms with Crippen molar-refractivity contribution in [2.75, 3.05) is 0 Å². The molecule has 3 rings (SSSR count). The molecular weight excluding hydrogens is 313 g/mol. The molecular formula is C13H13Cl2N5O. The molecule has 0 spiro atoms. The van der Waals surface area contributed by atoms with Crippen LogP contribution in [0.1, 0.15) is 25.8 Å². The lowest BCUT2D eigenvalue weighted by atomic mass is 10.2. The van der Waals surface area contributed by atoms with Crippen LogP contribution in [0.2, 0.25) is 10.4 Å². The summed E-state index contributed by atoms with van der Waals surface area (Å²) in [6.45, 7) is 1.83. The minimum Gasteiger partial charge on any atom is -0.350 e. The summed E-state index contributed by atoms with van der Waals surface area (Å²) in [7, 11) is 0. The minimum absolute atomic E-state index is 0.0210. The van der Waals surface area contributed by atoms with Crippen LogP contribution in [0.4, 0.5) is 0 Å². The number of nitrogens with zero attached hydrogens (tertiary/aromatic N) is 4. The largest absolute Gasteiger partial charge is 0.350 e. The molecule has 2 heterocycles. The number of amides is 1. The van der Waals surface area contributed by atoms with Crippen molar-refractivity contribution >= 4 is 40.3 Å². The Morgan fingerprint density at radius 3 is 3.00 bits per heavy atom. The molecule has 1 aliphatic rings. The van der Waals surface area contributed by atoms with Gasteiger partial charge in [-0.3, -0.25) is 4.79 Å². The van der Waals surface area contributed by atoms with E-state index in [2.05, 4.69) is 20.3 Å². The SMILES string of the molecule is CCC(=O)N[C@@H]1C=C[C@H](n2cnc3c(Cl)nc(Cl)nc32)C1. The van der Waals surface area contributed by atoms with E-state index in [1.54, 1.807) is 6.33 Å². The third-order valence-electron chi connectivity index (χ3n) is 3.44. The topological polar surface area (TPSA) is 72.7 Å². The highest BCUT2D eigenvalue weighted by molar-refractivity contribution is 6.35. The van der Waals surface area contributed by atoms with Gasteiger partial charge in [0, 0.05) is 12.5 Å². The van der Waals surface area contributed by atoms with Gasteiger partial charge in [-0.2, -0.15) is 4.98 Å². The third kappa shape index (κ3) is 2.73. The second-order valence-electron chi connectivity index (χ2n) is 4.82. The van der Waals surface area contributed by atoms with Gasteiger partial charge >= 0.3 is 0 Å². The lowest BCUT2D eigenvalue weighted by Crippen LogP contribution is -2.32. The Morgan fingerprint density at radius 1 is 1.43 bits per heavy atom. The molecule has 0 saturated heterocycles. The molecule has 0 unspecified atom stereocenters. The molecule has 1 aliphatic carbocycles. The van der Waals surface area contributed by atoms with Crippen molar-refractivity contribution in [2.24, 2.45) is 0 Å². The maximum atomic E-state index is 11.4. The number of carbonyl (C=O) groups is 1. The third-order valence-corrected chi connectivity index (χ3v) is 3.87. The van der Waals surface area contributed by atoms with Crippen LogP contribution >= 0.6 is 23.2 Å². The van der Waals surface area contributed by atoms with Gasteiger partial charge < -0.3 is 9.88 Å². The van der Waals surface area contributed by atoms with Gasteiger partial charge in [0.15, 0.2) is 10.8 Å². The highest BCUT2D eigenvalue weighted by Crippen LogP contribution is 2.28. The molecule has 8 heteroatoms. The molecule has 1 N–H and O–H groups in total. The normalized spacial score (nSPS) is 21.1. The Kier molecular flexibility index (Phi) is 3.82. The second-order valence-corrected chi connectivity index (χ2v) is 5.52.